The lowest BCUT2D eigenvalue weighted by Gasteiger charge is -2.39. The number of carbonyl (C=O) groups excluding carboxylic acids is 1. The Hall–Kier alpha value is -2.03. The molecule has 1 aromatic carbocycles. The molecule has 1 heterocycles. The Morgan fingerprint density at radius 2 is 2.04 bits per heavy atom. The molecule has 7 nitrogen and oxygen atoms in total. The molecule has 1 amide bonds. The maximum atomic E-state index is 14.0. The third-order valence-corrected chi connectivity index (χ3v) is 4.72. The highest BCUT2D eigenvalue weighted by molar-refractivity contribution is 5.95. The number of nitrogens with zero attached hydrogens (tertiary/aromatic N) is 1. The summed E-state index contributed by atoms with van der Waals surface area (Å²) in [7, 11) is 2.99. The van der Waals surface area contributed by atoms with Gasteiger partial charge < -0.3 is 24.2 Å². The van der Waals surface area contributed by atoms with Crippen LogP contribution >= 0.6 is 0 Å². The first-order chi connectivity index (χ1) is 12.9. The lowest BCUT2D eigenvalue weighted by atomic mass is 9.80. The van der Waals surface area contributed by atoms with Gasteiger partial charge in [0.2, 0.25) is 0 Å². The fraction of sp³-hybridized carbons (Fsp3) is 0.579. The molecule has 0 spiro atoms. The predicted octanol–water partition coefficient (Wildman–Crippen LogP) is 1.94. The minimum Gasteiger partial charge on any atom is -0.481 e. The van der Waals surface area contributed by atoms with E-state index in [1.165, 1.54) is 30.2 Å². The monoisotopic (exact) mass is 383 g/mol. The van der Waals surface area contributed by atoms with E-state index in [-0.39, 0.29) is 31.2 Å². The fourth-order valence-corrected chi connectivity index (χ4v) is 3.26. The molecule has 1 fully saturated rings. The zero-order chi connectivity index (χ0) is 19.9. The largest absolute Gasteiger partial charge is 0.481 e. The summed E-state index contributed by atoms with van der Waals surface area (Å²) in [6.07, 6.45) is 1.01. The standard InChI is InChI=1S/C19H26FNO6/c1-25-8-9-27-11-15-10-14(4-5-16(15)20)17(22)21-7-3-6-19(12-21,13-26-2)18(23)24/h4-5,10H,3,6-9,11-13H2,1-2H3,(H,23,24). The number of rotatable bonds is 9. The molecular weight excluding hydrogens is 357 g/mol. The van der Waals surface area contributed by atoms with Gasteiger partial charge in [-0.2, -0.15) is 0 Å². The smallest absolute Gasteiger partial charge is 0.313 e. The van der Waals surface area contributed by atoms with Gasteiger partial charge in [0.15, 0.2) is 0 Å². The minimum atomic E-state index is -1.12. The van der Waals surface area contributed by atoms with E-state index in [0.717, 1.165) is 0 Å². The van der Waals surface area contributed by atoms with Crippen molar-refractivity contribution < 1.29 is 33.3 Å². The maximum Gasteiger partial charge on any atom is 0.313 e. The Bertz CT molecular complexity index is 664. The Morgan fingerprint density at radius 3 is 2.70 bits per heavy atom. The molecule has 0 bridgehead atoms. The molecule has 2 rings (SSSR count). The number of hydrogen-bond acceptors (Lipinski definition) is 5. The van der Waals surface area contributed by atoms with Gasteiger partial charge in [-0.15, -0.1) is 0 Å². The highest BCUT2D eigenvalue weighted by Crippen LogP contribution is 2.31. The molecule has 1 unspecified atom stereocenters. The lowest BCUT2D eigenvalue weighted by Crippen LogP contribution is -2.52. The summed E-state index contributed by atoms with van der Waals surface area (Å²) in [5.74, 6) is -1.76. The average molecular weight is 383 g/mol. The van der Waals surface area contributed by atoms with Crippen LogP contribution in [0.25, 0.3) is 0 Å². The molecule has 8 heteroatoms. The van der Waals surface area contributed by atoms with Gasteiger partial charge in [0.05, 0.1) is 26.4 Å². The molecule has 0 saturated carbocycles. The van der Waals surface area contributed by atoms with Crippen molar-refractivity contribution in [3.8, 4) is 0 Å². The highest BCUT2D eigenvalue weighted by Gasteiger charge is 2.44. The Balaban J connectivity index is 2.13. The number of ether oxygens (including phenoxy) is 3. The van der Waals surface area contributed by atoms with Crippen LogP contribution in [0, 0.1) is 11.2 Å². The van der Waals surface area contributed by atoms with Crippen molar-refractivity contribution in [3.05, 3.63) is 35.1 Å². The summed E-state index contributed by atoms with van der Waals surface area (Å²) < 4.78 is 29.3. The van der Waals surface area contributed by atoms with Crippen molar-refractivity contribution >= 4 is 11.9 Å². The van der Waals surface area contributed by atoms with Crippen LogP contribution in [0.1, 0.15) is 28.8 Å². The first kappa shape index (κ1) is 21.3. The van der Waals surface area contributed by atoms with Crippen LogP contribution in [-0.4, -0.2) is 69.0 Å². The number of benzene rings is 1. The van der Waals surface area contributed by atoms with Crippen LogP contribution in [0.2, 0.25) is 0 Å². The number of carboxylic acids is 1. The second-order valence-electron chi connectivity index (χ2n) is 6.70. The summed E-state index contributed by atoms with van der Waals surface area (Å²) in [5.41, 5.74) is -0.537. The number of hydrogen-bond donors (Lipinski definition) is 1. The number of halogens is 1. The lowest BCUT2D eigenvalue weighted by molar-refractivity contribution is -0.155. The van der Waals surface area contributed by atoms with Gasteiger partial charge >= 0.3 is 5.97 Å². The first-order valence-corrected chi connectivity index (χ1v) is 8.80. The summed E-state index contributed by atoms with van der Waals surface area (Å²) in [5, 5.41) is 9.62. The third kappa shape index (κ3) is 5.24. The first-order valence-electron chi connectivity index (χ1n) is 8.80. The summed E-state index contributed by atoms with van der Waals surface area (Å²) in [6, 6.07) is 4.09. The Kier molecular flexibility index (Phi) is 7.70. The predicted molar refractivity (Wildman–Crippen MR) is 95.0 cm³/mol. The van der Waals surface area contributed by atoms with E-state index < -0.39 is 17.2 Å². The van der Waals surface area contributed by atoms with Gasteiger partial charge in [0.1, 0.15) is 11.2 Å². The third-order valence-electron chi connectivity index (χ3n) is 4.72. The van der Waals surface area contributed by atoms with E-state index >= 15 is 0 Å². The van der Waals surface area contributed by atoms with E-state index in [1.54, 1.807) is 7.11 Å². The zero-order valence-corrected chi connectivity index (χ0v) is 15.7. The number of carbonyl (C=O) groups is 2. The van der Waals surface area contributed by atoms with Crippen molar-refractivity contribution in [2.75, 3.05) is 47.1 Å². The van der Waals surface area contributed by atoms with Crippen molar-refractivity contribution in [2.45, 2.75) is 19.4 Å². The number of piperidine rings is 1. The molecule has 1 aliphatic rings. The molecule has 1 N–H and O–H groups in total. The van der Waals surface area contributed by atoms with Gasteiger partial charge in [0.25, 0.3) is 5.91 Å². The number of aliphatic carboxylic acids is 1. The summed E-state index contributed by atoms with van der Waals surface area (Å²) >= 11 is 0. The van der Waals surface area contributed by atoms with Gasteiger partial charge in [-0.25, -0.2) is 4.39 Å². The number of carboxylic acid groups (broad SMARTS) is 1. The quantitative estimate of drug-likeness (QED) is 0.656. The molecule has 0 aromatic heterocycles. The van der Waals surface area contributed by atoms with E-state index in [2.05, 4.69) is 0 Å². The molecule has 27 heavy (non-hydrogen) atoms. The normalized spacial score (nSPS) is 19.9. The molecule has 0 radical (unpaired) electrons. The van der Waals surface area contributed by atoms with E-state index in [0.29, 0.717) is 38.2 Å². The highest BCUT2D eigenvalue weighted by atomic mass is 19.1. The van der Waals surface area contributed by atoms with Gasteiger partial charge in [-0.05, 0) is 31.0 Å². The van der Waals surface area contributed by atoms with Crippen molar-refractivity contribution in [2.24, 2.45) is 5.41 Å². The minimum absolute atomic E-state index is 0.0268. The van der Waals surface area contributed by atoms with Crippen LogP contribution in [0.3, 0.4) is 0 Å². The molecule has 150 valence electrons. The van der Waals surface area contributed by atoms with Crippen LogP contribution in [0.4, 0.5) is 4.39 Å². The molecule has 0 aliphatic carbocycles. The SMILES string of the molecule is COCCOCc1cc(C(=O)N2CCCC(COC)(C(=O)O)C2)ccc1F. The zero-order valence-electron chi connectivity index (χ0n) is 15.7. The van der Waals surface area contributed by atoms with E-state index in [4.69, 9.17) is 14.2 Å². The van der Waals surface area contributed by atoms with Gasteiger partial charge in [-0.1, -0.05) is 0 Å². The Labute approximate surface area is 158 Å². The number of likely N-dealkylation sites (tertiary alicyclic amines) is 1. The number of methoxy groups -OCH3 is 2. The average Bonchev–Trinajstić information content (AvgIpc) is 2.66. The van der Waals surface area contributed by atoms with Crippen LogP contribution in [0.5, 0.6) is 0 Å². The maximum absolute atomic E-state index is 14.0. The molecule has 1 atom stereocenters. The Morgan fingerprint density at radius 1 is 1.26 bits per heavy atom. The molecular formula is C19H26FNO6. The topological polar surface area (TPSA) is 85.3 Å². The summed E-state index contributed by atoms with van der Waals surface area (Å²) in [6.45, 7) is 1.29. The second kappa shape index (κ2) is 9.77. The van der Waals surface area contributed by atoms with Crippen molar-refractivity contribution in [1.29, 1.82) is 0 Å². The fourth-order valence-electron chi connectivity index (χ4n) is 3.26. The van der Waals surface area contributed by atoms with Crippen LogP contribution in [-0.2, 0) is 25.6 Å². The molecule has 1 aliphatic heterocycles. The van der Waals surface area contributed by atoms with Crippen LogP contribution < -0.4 is 0 Å². The van der Waals surface area contributed by atoms with E-state index in [9.17, 15) is 19.1 Å². The van der Waals surface area contributed by atoms with Crippen molar-refractivity contribution in [1.82, 2.24) is 4.90 Å². The molecule has 1 saturated heterocycles. The number of amides is 1. The van der Waals surface area contributed by atoms with Crippen LogP contribution in [0.15, 0.2) is 18.2 Å². The van der Waals surface area contributed by atoms with Gasteiger partial charge in [0, 0.05) is 38.4 Å². The van der Waals surface area contributed by atoms with Gasteiger partial charge in [-0.3, -0.25) is 9.59 Å². The molecule has 1 aromatic rings. The summed E-state index contributed by atoms with van der Waals surface area (Å²) in [4.78, 5) is 26.1. The second-order valence-corrected chi connectivity index (χ2v) is 6.70. The van der Waals surface area contributed by atoms with Crippen molar-refractivity contribution in [3.63, 3.8) is 0 Å². The van der Waals surface area contributed by atoms with E-state index in [1.807, 2.05) is 0 Å².